The number of fused-ring (bicyclic) bond motifs is 1. The van der Waals surface area contributed by atoms with E-state index in [2.05, 4.69) is 0 Å². The van der Waals surface area contributed by atoms with Crippen LogP contribution in [0.2, 0.25) is 0 Å². The molecule has 0 atom stereocenters. The molecule has 0 aliphatic carbocycles. The van der Waals surface area contributed by atoms with Crippen molar-refractivity contribution in [3.63, 3.8) is 0 Å². The number of hydrogen-bond donors (Lipinski definition) is 2. The van der Waals surface area contributed by atoms with Crippen molar-refractivity contribution in [1.82, 2.24) is 0 Å². The lowest BCUT2D eigenvalue weighted by Crippen LogP contribution is -2.05. The highest BCUT2D eigenvalue weighted by Crippen LogP contribution is 2.30. The molecule has 4 nitrogen and oxygen atoms in total. The van der Waals surface area contributed by atoms with E-state index in [1.54, 1.807) is 12.1 Å². The summed E-state index contributed by atoms with van der Waals surface area (Å²) >= 11 is 0. The van der Waals surface area contributed by atoms with Crippen LogP contribution in [-0.2, 0) is 0 Å². The van der Waals surface area contributed by atoms with Crippen molar-refractivity contribution < 1.29 is 19.7 Å². The standard InChI is InChI=1S/C16H18O4/c17-10-4-1-5-11-20-15-13-7-3-2-6-12(13)8-9-14(15)16(18)19/h2-3,6-9,17H,1,4-5,10-11H2,(H,18,19). The van der Waals surface area contributed by atoms with Gasteiger partial charge in [-0.15, -0.1) is 0 Å². The van der Waals surface area contributed by atoms with Gasteiger partial charge < -0.3 is 14.9 Å². The Balaban J connectivity index is 2.23. The molecule has 0 radical (unpaired) electrons. The molecule has 0 bridgehead atoms. The average molecular weight is 274 g/mol. The molecule has 0 spiro atoms. The third-order valence-electron chi connectivity index (χ3n) is 3.16. The normalized spacial score (nSPS) is 10.7. The number of rotatable bonds is 7. The molecule has 106 valence electrons. The van der Waals surface area contributed by atoms with E-state index >= 15 is 0 Å². The van der Waals surface area contributed by atoms with Crippen LogP contribution in [-0.4, -0.2) is 29.4 Å². The second-order valence-electron chi connectivity index (χ2n) is 4.60. The molecule has 0 saturated carbocycles. The zero-order chi connectivity index (χ0) is 14.4. The van der Waals surface area contributed by atoms with Crippen molar-refractivity contribution in [3.8, 4) is 5.75 Å². The second kappa shape index (κ2) is 6.91. The van der Waals surface area contributed by atoms with E-state index in [9.17, 15) is 9.90 Å². The fourth-order valence-corrected chi connectivity index (χ4v) is 2.13. The number of unbranched alkanes of at least 4 members (excludes halogenated alkanes) is 2. The number of hydrogen-bond acceptors (Lipinski definition) is 3. The summed E-state index contributed by atoms with van der Waals surface area (Å²) in [6.07, 6.45) is 2.40. The maximum atomic E-state index is 11.3. The molecule has 0 aromatic heterocycles. The summed E-state index contributed by atoms with van der Waals surface area (Å²) < 4.78 is 5.70. The van der Waals surface area contributed by atoms with Gasteiger partial charge in [-0.25, -0.2) is 4.79 Å². The van der Waals surface area contributed by atoms with E-state index in [-0.39, 0.29) is 12.2 Å². The molecule has 2 N–H and O–H groups in total. The highest BCUT2D eigenvalue weighted by Gasteiger charge is 2.14. The zero-order valence-electron chi connectivity index (χ0n) is 11.2. The molecule has 0 aliphatic rings. The Morgan fingerprint density at radius 3 is 2.60 bits per heavy atom. The average Bonchev–Trinajstić information content (AvgIpc) is 2.46. The number of aliphatic hydroxyl groups is 1. The summed E-state index contributed by atoms with van der Waals surface area (Å²) in [5, 5.41) is 19.8. The highest BCUT2D eigenvalue weighted by molar-refractivity contribution is 6.00. The van der Waals surface area contributed by atoms with E-state index in [1.807, 2.05) is 24.3 Å². The van der Waals surface area contributed by atoms with Gasteiger partial charge in [0.25, 0.3) is 0 Å². The van der Waals surface area contributed by atoms with E-state index < -0.39 is 5.97 Å². The van der Waals surface area contributed by atoms with Crippen LogP contribution in [0, 0.1) is 0 Å². The minimum Gasteiger partial charge on any atom is -0.492 e. The molecule has 20 heavy (non-hydrogen) atoms. The molecule has 2 aromatic rings. The molecule has 0 amide bonds. The van der Waals surface area contributed by atoms with Crippen molar-refractivity contribution in [2.75, 3.05) is 13.2 Å². The van der Waals surface area contributed by atoms with Crippen molar-refractivity contribution in [2.24, 2.45) is 0 Å². The Morgan fingerprint density at radius 1 is 1.05 bits per heavy atom. The maximum absolute atomic E-state index is 11.3. The largest absolute Gasteiger partial charge is 0.492 e. The zero-order valence-corrected chi connectivity index (χ0v) is 11.2. The SMILES string of the molecule is O=C(O)c1ccc2ccccc2c1OCCCCCO. The van der Waals surface area contributed by atoms with Gasteiger partial charge in [-0.3, -0.25) is 0 Å². The molecule has 4 heteroatoms. The Kier molecular flexibility index (Phi) is 4.96. The van der Waals surface area contributed by atoms with E-state index in [0.717, 1.165) is 30.0 Å². The number of benzene rings is 2. The Labute approximate surface area is 117 Å². The summed E-state index contributed by atoms with van der Waals surface area (Å²) in [6.45, 7) is 0.628. The first-order valence-electron chi connectivity index (χ1n) is 6.72. The predicted molar refractivity (Wildman–Crippen MR) is 77.3 cm³/mol. The summed E-state index contributed by atoms with van der Waals surface area (Å²) in [5.74, 6) is -0.555. The van der Waals surface area contributed by atoms with E-state index in [0.29, 0.717) is 12.4 Å². The predicted octanol–water partition coefficient (Wildman–Crippen LogP) is 3.08. The minimum absolute atomic E-state index is 0.175. The van der Waals surface area contributed by atoms with Gasteiger partial charge in [0.15, 0.2) is 0 Å². The number of carboxylic acid groups (broad SMARTS) is 1. The van der Waals surface area contributed by atoms with E-state index in [4.69, 9.17) is 9.84 Å². The smallest absolute Gasteiger partial charge is 0.339 e. The molecule has 0 heterocycles. The Bertz CT molecular complexity index is 592. The monoisotopic (exact) mass is 274 g/mol. The molecule has 2 aromatic carbocycles. The Morgan fingerprint density at radius 2 is 1.85 bits per heavy atom. The first-order valence-corrected chi connectivity index (χ1v) is 6.72. The number of aliphatic hydroxyl groups excluding tert-OH is 1. The van der Waals surface area contributed by atoms with Gasteiger partial charge in [-0.2, -0.15) is 0 Å². The number of carboxylic acids is 1. The fraction of sp³-hybridized carbons (Fsp3) is 0.312. The summed E-state index contributed by atoms with van der Waals surface area (Å²) in [6, 6.07) is 10.9. The quantitative estimate of drug-likeness (QED) is 0.761. The fourth-order valence-electron chi connectivity index (χ4n) is 2.13. The molecule has 2 rings (SSSR count). The summed E-state index contributed by atoms with van der Waals surface area (Å²) in [7, 11) is 0. The van der Waals surface area contributed by atoms with Gasteiger partial charge in [0, 0.05) is 12.0 Å². The first kappa shape index (κ1) is 14.3. The maximum Gasteiger partial charge on any atom is 0.339 e. The lowest BCUT2D eigenvalue weighted by molar-refractivity contribution is 0.0692. The van der Waals surface area contributed by atoms with Gasteiger partial charge in [0.2, 0.25) is 0 Å². The number of ether oxygens (including phenoxy) is 1. The van der Waals surface area contributed by atoms with Gasteiger partial charge >= 0.3 is 5.97 Å². The molecule has 0 aliphatic heterocycles. The van der Waals surface area contributed by atoms with Gasteiger partial charge in [-0.05, 0) is 30.7 Å². The van der Waals surface area contributed by atoms with Gasteiger partial charge in [0.1, 0.15) is 11.3 Å². The third kappa shape index (κ3) is 3.27. The molecular formula is C16H18O4. The lowest BCUT2D eigenvalue weighted by atomic mass is 10.1. The highest BCUT2D eigenvalue weighted by atomic mass is 16.5. The third-order valence-corrected chi connectivity index (χ3v) is 3.16. The molecular weight excluding hydrogens is 256 g/mol. The van der Waals surface area contributed by atoms with Crippen LogP contribution in [0.25, 0.3) is 10.8 Å². The molecule has 0 fully saturated rings. The van der Waals surface area contributed by atoms with Gasteiger partial charge in [-0.1, -0.05) is 30.3 Å². The van der Waals surface area contributed by atoms with Crippen molar-refractivity contribution in [1.29, 1.82) is 0 Å². The number of aromatic carboxylic acids is 1. The van der Waals surface area contributed by atoms with Crippen LogP contribution in [0.4, 0.5) is 0 Å². The molecule has 0 saturated heterocycles. The van der Waals surface area contributed by atoms with Crippen molar-refractivity contribution >= 4 is 16.7 Å². The topological polar surface area (TPSA) is 66.8 Å². The van der Waals surface area contributed by atoms with Crippen LogP contribution in [0.15, 0.2) is 36.4 Å². The summed E-state index contributed by atoms with van der Waals surface area (Å²) in [5.41, 5.74) is 0.186. The van der Waals surface area contributed by atoms with E-state index in [1.165, 1.54) is 0 Å². The summed E-state index contributed by atoms with van der Waals surface area (Å²) in [4.78, 5) is 11.3. The van der Waals surface area contributed by atoms with Crippen LogP contribution in [0.3, 0.4) is 0 Å². The lowest BCUT2D eigenvalue weighted by Gasteiger charge is -2.12. The van der Waals surface area contributed by atoms with Crippen molar-refractivity contribution in [3.05, 3.63) is 42.0 Å². The second-order valence-corrected chi connectivity index (χ2v) is 4.60. The van der Waals surface area contributed by atoms with Crippen LogP contribution < -0.4 is 4.74 Å². The van der Waals surface area contributed by atoms with Gasteiger partial charge in [0.05, 0.1) is 6.61 Å². The van der Waals surface area contributed by atoms with Crippen LogP contribution in [0.5, 0.6) is 5.75 Å². The Hall–Kier alpha value is -2.07. The minimum atomic E-state index is -0.985. The first-order chi connectivity index (χ1) is 9.74. The molecule has 0 unspecified atom stereocenters. The van der Waals surface area contributed by atoms with Crippen molar-refractivity contribution in [2.45, 2.75) is 19.3 Å². The van der Waals surface area contributed by atoms with Crippen LogP contribution in [0.1, 0.15) is 29.6 Å². The number of carbonyl (C=O) groups is 1. The van der Waals surface area contributed by atoms with Crippen LogP contribution >= 0.6 is 0 Å².